The molecule has 2 saturated heterocycles. The second-order valence-corrected chi connectivity index (χ2v) is 6.43. The second-order valence-electron chi connectivity index (χ2n) is 6.43. The molecule has 2 heterocycles. The Labute approximate surface area is 143 Å². The third kappa shape index (κ3) is 3.93. The van der Waals surface area contributed by atoms with Gasteiger partial charge in [0.05, 0.1) is 12.7 Å². The molecule has 132 valence electrons. The molecule has 0 radical (unpaired) electrons. The zero-order chi connectivity index (χ0) is 16.9. The van der Waals surface area contributed by atoms with Crippen molar-refractivity contribution in [3.63, 3.8) is 0 Å². The van der Waals surface area contributed by atoms with Crippen molar-refractivity contribution >= 4 is 11.7 Å². The molecule has 0 spiro atoms. The Morgan fingerprint density at radius 1 is 1.12 bits per heavy atom. The SMILES string of the molecule is CCOc1ccc(N2CCCN(C(=O)N3CC[C@H](O)C3)CC2)cc1. The summed E-state index contributed by atoms with van der Waals surface area (Å²) >= 11 is 0. The van der Waals surface area contributed by atoms with Gasteiger partial charge in [-0.3, -0.25) is 0 Å². The van der Waals surface area contributed by atoms with Gasteiger partial charge in [-0.05, 0) is 44.0 Å². The molecule has 2 fully saturated rings. The molecule has 0 aromatic heterocycles. The van der Waals surface area contributed by atoms with Gasteiger partial charge >= 0.3 is 6.03 Å². The molecule has 0 saturated carbocycles. The van der Waals surface area contributed by atoms with Gasteiger partial charge in [-0.1, -0.05) is 0 Å². The normalized spacial score (nSPS) is 21.8. The Morgan fingerprint density at radius 3 is 2.58 bits per heavy atom. The van der Waals surface area contributed by atoms with Crippen molar-refractivity contribution in [2.24, 2.45) is 0 Å². The molecule has 6 nitrogen and oxygen atoms in total. The number of benzene rings is 1. The first kappa shape index (κ1) is 16.9. The maximum Gasteiger partial charge on any atom is 0.320 e. The van der Waals surface area contributed by atoms with Crippen molar-refractivity contribution in [2.75, 3.05) is 50.8 Å². The highest BCUT2D eigenvalue weighted by atomic mass is 16.5. The summed E-state index contributed by atoms with van der Waals surface area (Å²) in [6, 6.07) is 8.23. The smallest absolute Gasteiger partial charge is 0.320 e. The van der Waals surface area contributed by atoms with Crippen LogP contribution in [-0.2, 0) is 0 Å². The molecule has 2 aliphatic heterocycles. The van der Waals surface area contributed by atoms with Crippen LogP contribution in [0.5, 0.6) is 5.75 Å². The van der Waals surface area contributed by atoms with Gasteiger partial charge in [0.25, 0.3) is 0 Å². The van der Waals surface area contributed by atoms with Gasteiger partial charge in [0.1, 0.15) is 5.75 Å². The number of aliphatic hydroxyl groups excluding tert-OH is 1. The third-order valence-corrected chi connectivity index (χ3v) is 4.71. The zero-order valence-electron chi connectivity index (χ0n) is 14.4. The van der Waals surface area contributed by atoms with Crippen molar-refractivity contribution in [2.45, 2.75) is 25.9 Å². The fourth-order valence-electron chi connectivity index (χ4n) is 3.40. The lowest BCUT2D eigenvalue weighted by Crippen LogP contribution is -2.44. The summed E-state index contributed by atoms with van der Waals surface area (Å²) in [5.74, 6) is 0.889. The molecular formula is C18H27N3O3. The standard InChI is InChI=1S/C18H27N3O3/c1-2-24-17-6-4-15(5-7-17)19-9-3-10-20(13-12-19)18(23)21-11-8-16(22)14-21/h4-7,16,22H,2-3,8-14H2,1H3/t16-/m0/s1. The lowest BCUT2D eigenvalue weighted by molar-refractivity contribution is 0.148. The number of β-amino-alcohol motifs (C(OH)–C–C–N with tert-alkyl or cyclic N) is 1. The van der Waals surface area contributed by atoms with Gasteiger partial charge in [-0.25, -0.2) is 4.79 Å². The summed E-state index contributed by atoms with van der Waals surface area (Å²) < 4.78 is 5.49. The average molecular weight is 333 g/mol. The first-order chi connectivity index (χ1) is 11.7. The maximum absolute atomic E-state index is 12.6. The topological polar surface area (TPSA) is 56.2 Å². The van der Waals surface area contributed by atoms with E-state index < -0.39 is 0 Å². The van der Waals surface area contributed by atoms with Gasteiger partial charge in [0, 0.05) is 45.0 Å². The number of carbonyl (C=O) groups excluding carboxylic acids is 1. The number of nitrogens with zero attached hydrogens (tertiary/aromatic N) is 3. The van der Waals surface area contributed by atoms with Crippen LogP contribution in [0.2, 0.25) is 0 Å². The minimum atomic E-state index is -0.360. The van der Waals surface area contributed by atoms with Crippen LogP contribution in [0.1, 0.15) is 19.8 Å². The van der Waals surface area contributed by atoms with E-state index in [1.807, 2.05) is 24.0 Å². The first-order valence-electron chi connectivity index (χ1n) is 8.87. The van der Waals surface area contributed by atoms with E-state index in [9.17, 15) is 9.90 Å². The van der Waals surface area contributed by atoms with Crippen molar-refractivity contribution in [3.05, 3.63) is 24.3 Å². The van der Waals surface area contributed by atoms with Crippen LogP contribution >= 0.6 is 0 Å². The summed E-state index contributed by atoms with van der Waals surface area (Å²) in [6.07, 6.45) is 1.29. The van der Waals surface area contributed by atoms with E-state index in [1.165, 1.54) is 5.69 Å². The lowest BCUT2D eigenvalue weighted by Gasteiger charge is -2.27. The summed E-state index contributed by atoms with van der Waals surface area (Å²) in [6.45, 7) is 7.06. The maximum atomic E-state index is 12.6. The quantitative estimate of drug-likeness (QED) is 0.916. The van der Waals surface area contributed by atoms with Crippen LogP contribution in [0.15, 0.2) is 24.3 Å². The molecule has 0 aliphatic carbocycles. The van der Waals surface area contributed by atoms with E-state index in [-0.39, 0.29) is 12.1 Å². The molecule has 6 heteroatoms. The van der Waals surface area contributed by atoms with E-state index in [1.54, 1.807) is 4.90 Å². The lowest BCUT2D eigenvalue weighted by atomic mass is 10.2. The Bertz CT molecular complexity index is 549. The van der Waals surface area contributed by atoms with Gasteiger partial charge in [-0.2, -0.15) is 0 Å². The predicted molar refractivity (Wildman–Crippen MR) is 93.6 cm³/mol. The molecule has 24 heavy (non-hydrogen) atoms. The number of likely N-dealkylation sites (tertiary alicyclic amines) is 1. The molecule has 2 amide bonds. The molecule has 2 aliphatic rings. The van der Waals surface area contributed by atoms with Gasteiger partial charge in [-0.15, -0.1) is 0 Å². The number of urea groups is 1. The summed E-state index contributed by atoms with van der Waals surface area (Å²) in [5, 5.41) is 9.62. The van der Waals surface area contributed by atoms with Crippen molar-refractivity contribution in [1.29, 1.82) is 0 Å². The van der Waals surface area contributed by atoms with Crippen LogP contribution in [0.25, 0.3) is 0 Å². The molecule has 0 bridgehead atoms. The number of carbonyl (C=O) groups is 1. The van der Waals surface area contributed by atoms with Gasteiger partial charge < -0.3 is 24.5 Å². The molecule has 1 atom stereocenters. The monoisotopic (exact) mass is 333 g/mol. The van der Waals surface area contributed by atoms with Crippen LogP contribution in [0.4, 0.5) is 10.5 Å². The highest BCUT2D eigenvalue weighted by molar-refractivity contribution is 5.75. The van der Waals surface area contributed by atoms with E-state index in [4.69, 9.17) is 4.74 Å². The van der Waals surface area contributed by atoms with Crippen molar-refractivity contribution in [1.82, 2.24) is 9.80 Å². The second kappa shape index (κ2) is 7.75. The molecular weight excluding hydrogens is 306 g/mol. The molecule has 3 rings (SSSR count). The van der Waals surface area contributed by atoms with E-state index in [0.29, 0.717) is 26.1 Å². The number of hydrogen-bond donors (Lipinski definition) is 1. The minimum absolute atomic E-state index is 0.0695. The minimum Gasteiger partial charge on any atom is -0.494 e. The van der Waals surface area contributed by atoms with Gasteiger partial charge in [0.2, 0.25) is 0 Å². The molecule has 1 aromatic rings. The number of anilines is 1. The zero-order valence-corrected chi connectivity index (χ0v) is 14.4. The number of rotatable bonds is 3. The summed E-state index contributed by atoms with van der Waals surface area (Å²) in [7, 11) is 0. The van der Waals surface area contributed by atoms with Crippen molar-refractivity contribution in [3.8, 4) is 5.75 Å². The van der Waals surface area contributed by atoms with Crippen molar-refractivity contribution < 1.29 is 14.6 Å². The van der Waals surface area contributed by atoms with Gasteiger partial charge in [0.15, 0.2) is 0 Å². The van der Waals surface area contributed by atoms with Crippen LogP contribution in [0, 0.1) is 0 Å². The number of ether oxygens (including phenoxy) is 1. The fourth-order valence-corrected chi connectivity index (χ4v) is 3.40. The Hall–Kier alpha value is -1.95. The van der Waals surface area contributed by atoms with E-state index in [0.717, 1.165) is 38.3 Å². The summed E-state index contributed by atoms with van der Waals surface area (Å²) in [5.41, 5.74) is 1.17. The third-order valence-electron chi connectivity index (χ3n) is 4.71. The predicted octanol–water partition coefficient (Wildman–Crippen LogP) is 1.78. The van der Waals surface area contributed by atoms with E-state index >= 15 is 0 Å². The van der Waals surface area contributed by atoms with Crippen LogP contribution in [0.3, 0.4) is 0 Å². The number of amides is 2. The Kier molecular flexibility index (Phi) is 5.45. The highest BCUT2D eigenvalue weighted by Gasteiger charge is 2.29. The largest absolute Gasteiger partial charge is 0.494 e. The Balaban J connectivity index is 1.57. The molecule has 1 aromatic carbocycles. The first-order valence-corrected chi connectivity index (χ1v) is 8.87. The number of hydrogen-bond acceptors (Lipinski definition) is 4. The fraction of sp³-hybridized carbons (Fsp3) is 0.611. The summed E-state index contributed by atoms with van der Waals surface area (Å²) in [4.78, 5) is 18.6. The Morgan fingerprint density at radius 2 is 1.92 bits per heavy atom. The van der Waals surface area contributed by atoms with E-state index in [2.05, 4.69) is 17.0 Å². The average Bonchev–Trinajstić information content (AvgIpc) is 2.88. The van der Waals surface area contributed by atoms with Crippen LogP contribution in [-0.4, -0.2) is 72.9 Å². The van der Waals surface area contributed by atoms with Crippen LogP contribution < -0.4 is 9.64 Å². The number of aliphatic hydroxyl groups is 1. The highest BCUT2D eigenvalue weighted by Crippen LogP contribution is 2.21. The molecule has 1 N–H and O–H groups in total. The molecule has 0 unspecified atom stereocenters.